The van der Waals surface area contributed by atoms with Crippen molar-refractivity contribution in [2.24, 2.45) is 0 Å². The molecule has 0 spiro atoms. The van der Waals surface area contributed by atoms with E-state index in [2.05, 4.69) is 32.7 Å². The van der Waals surface area contributed by atoms with E-state index in [1.165, 1.54) is 6.08 Å². The standard InChI is InChI=1S/C25H19N7/c1-16-13-19(5-3-11-26)14-17(2)22(16)30-25-31-23-21(6-4-12-28-23)24(32-25)29-20-9-7-18(15-27)8-10-20/h3,5-10,12-14H,1-2H3,(H3,28,29,30,31,32)/b5-3+. The molecule has 154 valence electrons. The second-order valence-electron chi connectivity index (χ2n) is 7.19. The molecule has 2 aromatic carbocycles. The Morgan fingerprint density at radius 2 is 1.78 bits per heavy atom. The van der Waals surface area contributed by atoms with E-state index in [-0.39, 0.29) is 0 Å². The zero-order valence-corrected chi connectivity index (χ0v) is 17.6. The van der Waals surface area contributed by atoms with Gasteiger partial charge in [0.25, 0.3) is 0 Å². The van der Waals surface area contributed by atoms with Crippen LogP contribution in [-0.2, 0) is 0 Å². The van der Waals surface area contributed by atoms with Crippen LogP contribution in [0.3, 0.4) is 0 Å². The molecule has 4 rings (SSSR count). The molecule has 0 aliphatic carbocycles. The van der Waals surface area contributed by atoms with E-state index in [1.807, 2.05) is 50.3 Å². The minimum Gasteiger partial charge on any atom is -0.339 e. The smallest absolute Gasteiger partial charge is 0.231 e. The molecule has 7 heteroatoms. The van der Waals surface area contributed by atoms with Crippen molar-refractivity contribution in [1.29, 1.82) is 10.5 Å². The Kier molecular flexibility index (Phi) is 5.68. The van der Waals surface area contributed by atoms with Crippen molar-refractivity contribution >= 4 is 41.1 Å². The first-order chi connectivity index (χ1) is 15.6. The highest BCUT2D eigenvalue weighted by Gasteiger charge is 2.15. The van der Waals surface area contributed by atoms with Crippen LogP contribution in [0.15, 0.2) is 54.4 Å². The fraction of sp³-hybridized carbons (Fsp3) is 0.0800. The van der Waals surface area contributed by atoms with Gasteiger partial charge in [-0.15, -0.1) is 5.73 Å². The number of aromatic nitrogens is 2. The molecule has 1 aromatic heterocycles. The number of fused-ring (bicyclic) bond motifs is 1. The van der Waals surface area contributed by atoms with Crippen LogP contribution in [0.4, 0.5) is 29.0 Å². The van der Waals surface area contributed by atoms with Crippen molar-refractivity contribution in [2.75, 3.05) is 16.0 Å². The van der Waals surface area contributed by atoms with Crippen molar-refractivity contribution in [3.63, 3.8) is 0 Å². The summed E-state index contributed by atoms with van der Waals surface area (Å²) >= 11 is 0. The molecule has 0 atom stereocenters. The summed E-state index contributed by atoms with van der Waals surface area (Å²) in [6.07, 6.45) is 6.74. The van der Waals surface area contributed by atoms with Gasteiger partial charge in [0, 0.05) is 23.7 Å². The van der Waals surface area contributed by atoms with E-state index in [0.29, 0.717) is 23.1 Å². The topological polar surface area (TPSA) is 109 Å². The van der Waals surface area contributed by atoms with Gasteiger partial charge in [0.2, 0.25) is 5.95 Å². The molecule has 0 saturated heterocycles. The summed E-state index contributed by atoms with van der Waals surface area (Å²) in [4.78, 5) is 9.31. The lowest BCUT2D eigenvalue weighted by Gasteiger charge is -2.18. The third-order valence-electron chi connectivity index (χ3n) is 4.88. The first-order valence-electron chi connectivity index (χ1n) is 9.88. The Hall–Kier alpha value is -4.84. The van der Waals surface area contributed by atoms with Crippen LogP contribution >= 0.6 is 0 Å². The lowest BCUT2D eigenvalue weighted by atomic mass is 10.0. The van der Waals surface area contributed by atoms with Gasteiger partial charge in [0.15, 0.2) is 0 Å². The average molecular weight is 417 g/mol. The minimum absolute atomic E-state index is 0.433. The average Bonchev–Trinajstić information content (AvgIpc) is 2.80. The summed E-state index contributed by atoms with van der Waals surface area (Å²) in [6.45, 7) is 3.99. The van der Waals surface area contributed by atoms with Crippen molar-refractivity contribution in [1.82, 2.24) is 9.97 Å². The van der Waals surface area contributed by atoms with Gasteiger partial charge in [-0.3, -0.25) is 0 Å². The van der Waals surface area contributed by atoms with Gasteiger partial charge in [-0.1, -0.05) is 0 Å². The number of hydrogen-bond donors (Lipinski definition) is 3. The Bertz CT molecular complexity index is 1340. The number of nitrogens with zero attached hydrogens (tertiary/aromatic N) is 4. The second kappa shape index (κ2) is 8.89. The third kappa shape index (κ3) is 4.34. The van der Waals surface area contributed by atoms with E-state index >= 15 is 0 Å². The highest BCUT2D eigenvalue weighted by Crippen LogP contribution is 2.31. The maximum atomic E-state index is 9.02. The molecule has 3 aromatic rings. The molecule has 0 unspecified atom stereocenters. The zero-order chi connectivity index (χ0) is 22.5. The van der Waals surface area contributed by atoms with Crippen LogP contribution < -0.4 is 16.0 Å². The summed E-state index contributed by atoms with van der Waals surface area (Å²) < 4.78 is 0. The molecule has 0 saturated carbocycles. The van der Waals surface area contributed by atoms with E-state index in [9.17, 15) is 0 Å². The van der Waals surface area contributed by atoms with E-state index in [4.69, 9.17) is 15.5 Å². The minimum atomic E-state index is 0.433. The highest BCUT2D eigenvalue weighted by molar-refractivity contribution is 5.80. The number of allylic oxidation sites excluding steroid dienone is 1. The van der Waals surface area contributed by atoms with Crippen LogP contribution in [-0.4, -0.2) is 9.97 Å². The predicted octanol–water partition coefficient (Wildman–Crippen LogP) is 5.54. The Labute approximate surface area is 186 Å². The SMILES string of the molecule is Cc1cc(/C=C/C#N)cc(C)c1Nc1nc2c(c(Nc3ccc(C#N)cc3)n1)C=C=CN2. The van der Waals surface area contributed by atoms with Crippen molar-refractivity contribution in [3.05, 3.63) is 82.2 Å². The summed E-state index contributed by atoms with van der Waals surface area (Å²) in [5.41, 5.74) is 9.09. The highest BCUT2D eigenvalue weighted by atomic mass is 15.2. The summed E-state index contributed by atoms with van der Waals surface area (Å²) in [5.74, 6) is 1.70. The zero-order valence-electron chi connectivity index (χ0n) is 17.6. The molecule has 3 N–H and O–H groups in total. The van der Waals surface area contributed by atoms with Crippen molar-refractivity contribution in [3.8, 4) is 12.1 Å². The van der Waals surface area contributed by atoms with E-state index in [0.717, 1.165) is 33.6 Å². The maximum absolute atomic E-state index is 9.02. The lowest BCUT2D eigenvalue weighted by Crippen LogP contribution is -2.09. The van der Waals surface area contributed by atoms with Crippen molar-refractivity contribution < 1.29 is 0 Å². The fourth-order valence-corrected chi connectivity index (χ4v) is 3.40. The van der Waals surface area contributed by atoms with Gasteiger partial charge in [-0.25, -0.2) is 0 Å². The van der Waals surface area contributed by atoms with Crippen LogP contribution in [0.2, 0.25) is 0 Å². The van der Waals surface area contributed by atoms with Crippen LogP contribution in [0.1, 0.15) is 27.8 Å². The summed E-state index contributed by atoms with van der Waals surface area (Å²) in [6, 6.07) is 15.3. The predicted molar refractivity (Wildman–Crippen MR) is 126 cm³/mol. The normalized spacial score (nSPS) is 11.4. The molecule has 2 heterocycles. The Morgan fingerprint density at radius 3 is 2.47 bits per heavy atom. The van der Waals surface area contributed by atoms with Gasteiger partial charge in [-0.2, -0.15) is 20.5 Å². The van der Waals surface area contributed by atoms with E-state index in [1.54, 1.807) is 24.4 Å². The van der Waals surface area contributed by atoms with Crippen molar-refractivity contribution in [2.45, 2.75) is 13.8 Å². The molecule has 32 heavy (non-hydrogen) atoms. The summed E-state index contributed by atoms with van der Waals surface area (Å²) in [5, 5.41) is 27.5. The number of aryl methyl sites for hydroxylation is 2. The third-order valence-corrected chi connectivity index (χ3v) is 4.88. The number of hydrogen-bond acceptors (Lipinski definition) is 7. The maximum Gasteiger partial charge on any atom is 0.231 e. The molecule has 1 aliphatic heterocycles. The number of rotatable bonds is 5. The molecular formula is C25H19N7. The first kappa shape index (κ1) is 20.4. The Morgan fingerprint density at radius 1 is 1.03 bits per heavy atom. The van der Waals surface area contributed by atoms with Crippen LogP contribution in [0.25, 0.3) is 12.2 Å². The van der Waals surface area contributed by atoms with Gasteiger partial charge in [0.1, 0.15) is 11.6 Å². The monoisotopic (exact) mass is 417 g/mol. The van der Waals surface area contributed by atoms with Gasteiger partial charge >= 0.3 is 0 Å². The summed E-state index contributed by atoms with van der Waals surface area (Å²) in [7, 11) is 0. The number of nitriles is 2. The molecule has 0 bridgehead atoms. The second-order valence-corrected chi connectivity index (χ2v) is 7.19. The molecule has 0 amide bonds. The number of benzene rings is 2. The molecule has 7 nitrogen and oxygen atoms in total. The van der Waals surface area contributed by atoms with Gasteiger partial charge in [-0.05, 0) is 79.1 Å². The van der Waals surface area contributed by atoms with Crippen LogP contribution in [0.5, 0.6) is 0 Å². The fourth-order valence-electron chi connectivity index (χ4n) is 3.40. The number of anilines is 5. The van der Waals surface area contributed by atoms with Crippen LogP contribution in [0, 0.1) is 36.5 Å². The lowest BCUT2D eigenvalue weighted by molar-refractivity contribution is 1.15. The van der Waals surface area contributed by atoms with E-state index < -0.39 is 0 Å². The largest absolute Gasteiger partial charge is 0.339 e. The number of nitrogens with one attached hydrogen (secondary N) is 3. The first-order valence-corrected chi connectivity index (χ1v) is 9.88. The molecule has 1 aliphatic rings. The molecule has 0 fully saturated rings. The Balaban J connectivity index is 1.69. The van der Waals surface area contributed by atoms with Gasteiger partial charge in [0.05, 0.1) is 23.3 Å². The molecular weight excluding hydrogens is 398 g/mol. The van der Waals surface area contributed by atoms with Gasteiger partial charge < -0.3 is 16.0 Å². The quantitative estimate of drug-likeness (QED) is 0.369. The molecule has 0 radical (unpaired) electrons.